The lowest BCUT2D eigenvalue weighted by atomic mass is 9.97. The van der Waals surface area contributed by atoms with Crippen molar-refractivity contribution >= 4 is 23.3 Å². The van der Waals surface area contributed by atoms with Gasteiger partial charge in [-0.2, -0.15) is 0 Å². The van der Waals surface area contributed by atoms with E-state index >= 15 is 0 Å². The zero-order valence-corrected chi connectivity index (χ0v) is 11.8. The van der Waals surface area contributed by atoms with Crippen LogP contribution in [-0.2, 0) is 0 Å². The highest BCUT2D eigenvalue weighted by Crippen LogP contribution is 2.22. The maximum atomic E-state index is 10.9. The minimum Gasteiger partial charge on any atom is -0.478 e. The lowest BCUT2D eigenvalue weighted by Crippen LogP contribution is -2.32. The number of nitrogens with one attached hydrogen (secondary N) is 1. The molecule has 0 amide bonds. The van der Waals surface area contributed by atoms with Gasteiger partial charge in [0, 0.05) is 12.2 Å². The number of hydrogen-bond acceptors (Lipinski definition) is 3. The van der Waals surface area contributed by atoms with E-state index in [4.69, 9.17) is 16.7 Å². The summed E-state index contributed by atoms with van der Waals surface area (Å²) in [6, 6.07) is 4.99. The molecule has 0 saturated carbocycles. The van der Waals surface area contributed by atoms with Gasteiger partial charge in [-0.1, -0.05) is 11.6 Å². The van der Waals surface area contributed by atoms with Crippen LogP contribution in [0.4, 0.5) is 5.69 Å². The number of halogens is 1. The number of likely N-dealkylation sites (tertiary alicyclic amines) is 1. The van der Waals surface area contributed by atoms with E-state index in [0.29, 0.717) is 5.92 Å². The molecule has 104 valence electrons. The molecule has 4 nitrogen and oxygen atoms in total. The summed E-state index contributed by atoms with van der Waals surface area (Å²) < 4.78 is 0. The lowest BCUT2D eigenvalue weighted by Gasteiger charge is -2.29. The number of aromatic carboxylic acids is 1. The largest absolute Gasteiger partial charge is 0.478 e. The fourth-order valence-corrected chi connectivity index (χ4v) is 2.59. The Bertz CT molecular complexity index is 457. The highest BCUT2D eigenvalue weighted by Gasteiger charge is 2.16. The molecule has 0 unspecified atom stereocenters. The molecule has 1 heterocycles. The molecule has 0 aromatic heterocycles. The van der Waals surface area contributed by atoms with Crippen LogP contribution in [0.3, 0.4) is 0 Å². The molecule has 2 N–H and O–H groups in total. The normalized spacial score (nSPS) is 17.4. The smallest absolute Gasteiger partial charge is 0.337 e. The van der Waals surface area contributed by atoms with E-state index in [1.807, 2.05) is 0 Å². The van der Waals surface area contributed by atoms with Crippen LogP contribution in [0.25, 0.3) is 0 Å². The van der Waals surface area contributed by atoms with Crippen LogP contribution < -0.4 is 5.32 Å². The van der Waals surface area contributed by atoms with Gasteiger partial charge in [-0.25, -0.2) is 4.79 Å². The van der Waals surface area contributed by atoms with Crippen LogP contribution in [0, 0.1) is 5.92 Å². The standard InChI is InChI=1S/C14H19ClN2O2/c1-17-6-4-10(5-7-17)9-16-11-2-3-12(14(18)19)13(15)8-11/h2-3,8,10,16H,4-7,9H2,1H3,(H,18,19). The summed E-state index contributed by atoms with van der Waals surface area (Å²) in [6.07, 6.45) is 2.40. The minimum absolute atomic E-state index is 0.145. The number of carboxylic acid groups (broad SMARTS) is 1. The first-order chi connectivity index (χ1) is 9.06. The van der Waals surface area contributed by atoms with Crippen molar-refractivity contribution in [3.05, 3.63) is 28.8 Å². The number of benzene rings is 1. The third-order valence-corrected chi connectivity index (χ3v) is 3.95. The quantitative estimate of drug-likeness (QED) is 0.892. The molecule has 0 atom stereocenters. The summed E-state index contributed by atoms with van der Waals surface area (Å²) in [5.74, 6) is -0.319. The van der Waals surface area contributed by atoms with Gasteiger partial charge in [-0.05, 0) is 57.1 Å². The van der Waals surface area contributed by atoms with Crippen molar-refractivity contribution < 1.29 is 9.90 Å². The number of carboxylic acids is 1. The highest BCUT2D eigenvalue weighted by molar-refractivity contribution is 6.33. The maximum Gasteiger partial charge on any atom is 0.337 e. The van der Waals surface area contributed by atoms with Crippen molar-refractivity contribution in [1.82, 2.24) is 4.90 Å². The van der Waals surface area contributed by atoms with Gasteiger partial charge in [0.1, 0.15) is 0 Å². The van der Waals surface area contributed by atoms with Gasteiger partial charge in [-0.3, -0.25) is 0 Å². The molecule has 5 heteroatoms. The van der Waals surface area contributed by atoms with Gasteiger partial charge in [0.25, 0.3) is 0 Å². The van der Waals surface area contributed by atoms with Gasteiger partial charge in [-0.15, -0.1) is 0 Å². The Morgan fingerprint density at radius 3 is 2.74 bits per heavy atom. The van der Waals surface area contributed by atoms with Gasteiger partial charge in [0.15, 0.2) is 0 Å². The summed E-state index contributed by atoms with van der Waals surface area (Å²) in [4.78, 5) is 13.2. The molecule has 1 saturated heterocycles. The van der Waals surface area contributed by atoms with E-state index in [1.165, 1.54) is 12.8 Å². The van der Waals surface area contributed by atoms with Crippen LogP contribution in [0.1, 0.15) is 23.2 Å². The Balaban J connectivity index is 1.89. The predicted octanol–water partition coefficient (Wildman–Crippen LogP) is 2.79. The Morgan fingerprint density at radius 2 is 2.16 bits per heavy atom. The molecule has 0 bridgehead atoms. The Kier molecular flexibility index (Phi) is 4.66. The van der Waals surface area contributed by atoms with Gasteiger partial charge < -0.3 is 15.3 Å². The maximum absolute atomic E-state index is 10.9. The van der Waals surface area contributed by atoms with Gasteiger partial charge in [0.2, 0.25) is 0 Å². The number of piperidine rings is 1. The first-order valence-corrected chi connectivity index (χ1v) is 6.89. The third-order valence-electron chi connectivity index (χ3n) is 3.63. The van der Waals surface area contributed by atoms with E-state index in [2.05, 4.69) is 17.3 Å². The van der Waals surface area contributed by atoms with Crippen molar-refractivity contribution in [1.29, 1.82) is 0 Å². The van der Waals surface area contributed by atoms with Crippen LogP contribution in [0.5, 0.6) is 0 Å². The molecule has 2 rings (SSSR count). The second kappa shape index (κ2) is 6.26. The highest BCUT2D eigenvalue weighted by atomic mass is 35.5. The summed E-state index contributed by atoms with van der Waals surface area (Å²) in [6.45, 7) is 3.20. The summed E-state index contributed by atoms with van der Waals surface area (Å²) in [5.41, 5.74) is 1.03. The van der Waals surface area contributed by atoms with Crippen LogP contribution in [0.2, 0.25) is 5.02 Å². The van der Waals surface area contributed by atoms with Crippen molar-refractivity contribution in [2.45, 2.75) is 12.8 Å². The summed E-state index contributed by atoms with van der Waals surface area (Å²) in [7, 11) is 2.15. The molecule has 19 heavy (non-hydrogen) atoms. The van der Waals surface area contributed by atoms with E-state index in [0.717, 1.165) is 25.3 Å². The van der Waals surface area contributed by atoms with Crippen LogP contribution >= 0.6 is 11.6 Å². The zero-order valence-electron chi connectivity index (χ0n) is 11.0. The molecule has 1 aliphatic heterocycles. The van der Waals surface area contributed by atoms with Crippen molar-refractivity contribution in [3.8, 4) is 0 Å². The summed E-state index contributed by atoms with van der Waals surface area (Å²) >= 11 is 5.94. The fraction of sp³-hybridized carbons (Fsp3) is 0.500. The number of anilines is 1. The number of carbonyl (C=O) groups is 1. The molecule has 0 spiro atoms. The zero-order chi connectivity index (χ0) is 13.8. The van der Waals surface area contributed by atoms with Gasteiger partial charge in [0.05, 0.1) is 10.6 Å². The summed E-state index contributed by atoms with van der Waals surface area (Å²) in [5, 5.41) is 12.5. The molecule has 1 aromatic carbocycles. The average Bonchev–Trinajstić information content (AvgIpc) is 2.37. The van der Waals surface area contributed by atoms with Crippen molar-refractivity contribution in [2.24, 2.45) is 5.92 Å². The third kappa shape index (κ3) is 3.85. The molecular weight excluding hydrogens is 264 g/mol. The number of rotatable bonds is 4. The van der Waals surface area contributed by atoms with E-state index in [1.54, 1.807) is 18.2 Å². The topological polar surface area (TPSA) is 52.6 Å². The molecular formula is C14H19ClN2O2. The Hall–Kier alpha value is -1.26. The SMILES string of the molecule is CN1CCC(CNc2ccc(C(=O)O)c(Cl)c2)CC1. The number of hydrogen-bond donors (Lipinski definition) is 2. The van der Waals surface area contributed by atoms with Crippen LogP contribution in [0.15, 0.2) is 18.2 Å². The second-order valence-electron chi connectivity index (χ2n) is 5.13. The van der Waals surface area contributed by atoms with Crippen LogP contribution in [-0.4, -0.2) is 42.7 Å². The molecule has 1 fully saturated rings. The monoisotopic (exact) mass is 282 g/mol. The second-order valence-corrected chi connectivity index (χ2v) is 5.53. The van der Waals surface area contributed by atoms with Crippen molar-refractivity contribution in [3.63, 3.8) is 0 Å². The molecule has 0 aliphatic carbocycles. The fourth-order valence-electron chi connectivity index (χ4n) is 2.33. The Labute approximate surface area is 118 Å². The lowest BCUT2D eigenvalue weighted by molar-refractivity contribution is 0.0697. The van der Waals surface area contributed by atoms with E-state index in [-0.39, 0.29) is 10.6 Å². The number of nitrogens with zero attached hydrogens (tertiary/aromatic N) is 1. The molecule has 1 aromatic rings. The average molecular weight is 283 g/mol. The van der Waals surface area contributed by atoms with Gasteiger partial charge >= 0.3 is 5.97 Å². The predicted molar refractivity (Wildman–Crippen MR) is 77.1 cm³/mol. The molecule has 1 aliphatic rings. The Morgan fingerprint density at radius 1 is 1.47 bits per heavy atom. The first-order valence-electron chi connectivity index (χ1n) is 6.51. The first kappa shape index (κ1) is 14.2. The molecule has 0 radical (unpaired) electrons. The minimum atomic E-state index is -0.994. The van der Waals surface area contributed by atoms with E-state index < -0.39 is 5.97 Å². The van der Waals surface area contributed by atoms with Crippen molar-refractivity contribution in [2.75, 3.05) is 32.0 Å². The van der Waals surface area contributed by atoms with E-state index in [9.17, 15) is 4.79 Å².